The van der Waals surface area contributed by atoms with E-state index >= 15 is 0 Å². The number of carbonyl (C=O) groups is 1. The molecule has 0 spiro atoms. The first kappa shape index (κ1) is 14.9. The molecular weight excluding hydrogens is 302 g/mol. The maximum atomic E-state index is 12.4. The van der Waals surface area contributed by atoms with Crippen molar-refractivity contribution in [2.24, 2.45) is 7.05 Å². The molecule has 0 aliphatic carbocycles. The van der Waals surface area contributed by atoms with Gasteiger partial charge in [0, 0.05) is 33.0 Å². The van der Waals surface area contributed by atoms with Gasteiger partial charge in [-0.15, -0.1) is 0 Å². The quantitative estimate of drug-likeness (QED) is 0.874. The van der Waals surface area contributed by atoms with Crippen molar-refractivity contribution in [1.82, 2.24) is 14.5 Å². The van der Waals surface area contributed by atoms with E-state index in [9.17, 15) is 4.79 Å². The normalized spacial score (nSPS) is 15.8. The molecule has 22 heavy (non-hydrogen) atoms. The van der Waals surface area contributed by atoms with Gasteiger partial charge < -0.3 is 14.2 Å². The van der Waals surface area contributed by atoms with E-state index in [1.54, 1.807) is 17.1 Å². The van der Waals surface area contributed by atoms with Crippen molar-refractivity contribution in [2.75, 3.05) is 13.1 Å². The van der Waals surface area contributed by atoms with Crippen LogP contribution in [-0.2, 0) is 7.05 Å². The summed E-state index contributed by atoms with van der Waals surface area (Å²) < 4.78 is 7.69. The first-order valence-corrected chi connectivity index (χ1v) is 7.69. The average molecular weight is 320 g/mol. The van der Waals surface area contributed by atoms with Gasteiger partial charge in [0.05, 0.1) is 17.5 Å². The summed E-state index contributed by atoms with van der Waals surface area (Å²) in [7, 11) is 1.83. The standard InChI is InChI=1S/C16H18ClN3O2/c1-19-11-18-10-14(19)16(21)20-8-6-12(7-9-20)22-15-5-3-2-4-13(15)17/h2-5,10-12H,6-9H2,1H3. The minimum atomic E-state index is 0.0243. The summed E-state index contributed by atoms with van der Waals surface area (Å²) in [5, 5.41) is 0.621. The van der Waals surface area contributed by atoms with Gasteiger partial charge in [-0.25, -0.2) is 4.98 Å². The first-order chi connectivity index (χ1) is 10.6. The number of para-hydroxylation sites is 1. The summed E-state index contributed by atoms with van der Waals surface area (Å²) in [5.74, 6) is 0.733. The molecule has 1 aromatic carbocycles. The van der Waals surface area contributed by atoms with Gasteiger partial charge in [0.15, 0.2) is 0 Å². The lowest BCUT2D eigenvalue weighted by Gasteiger charge is -2.32. The molecule has 0 saturated carbocycles. The van der Waals surface area contributed by atoms with E-state index in [-0.39, 0.29) is 12.0 Å². The number of amides is 1. The van der Waals surface area contributed by atoms with Crippen molar-refractivity contribution in [3.63, 3.8) is 0 Å². The number of imidazole rings is 1. The molecule has 0 atom stereocenters. The third-order valence-corrected chi connectivity index (χ3v) is 4.21. The first-order valence-electron chi connectivity index (χ1n) is 7.32. The summed E-state index contributed by atoms with van der Waals surface area (Å²) in [6, 6.07) is 7.47. The van der Waals surface area contributed by atoms with Crippen molar-refractivity contribution in [3.8, 4) is 5.75 Å². The number of ether oxygens (including phenoxy) is 1. The molecule has 3 rings (SSSR count). The molecule has 1 aliphatic rings. The zero-order valence-corrected chi connectivity index (χ0v) is 13.2. The van der Waals surface area contributed by atoms with E-state index in [2.05, 4.69) is 4.98 Å². The number of hydrogen-bond donors (Lipinski definition) is 0. The average Bonchev–Trinajstić information content (AvgIpc) is 2.96. The van der Waals surface area contributed by atoms with E-state index in [0.717, 1.165) is 12.8 Å². The van der Waals surface area contributed by atoms with Crippen LogP contribution in [0.1, 0.15) is 23.3 Å². The highest BCUT2D eigenvalue weighted by molar-refractivity contribution is 6.32. The van der Waals surface area contributed by atoms with Crippen LogP contribution >= 0.6 is 11.6 Å². The Hall–Kier alpha value is -2.01. The summed E-state index contributed by atoms with van der Waals surface area (Å²) in [6.45, 7) is 1.36. The molecule has 1 aromatic heterocycles. The molecule has 1 saturated heterocycles. The van der Waals surface area contributed by atoms with E-state index in [1.165, 1.54) is 0 Å². The van der Waals surface area contributed by atoms with Crippen molar-refractivity contribution < 1.29 is 9.53 Å². The second kappa shape index (κ2) is 6.40. The Labute approximate surface area is 134 Å². The number of rotatable bonds is 3. The predicted octanol–water partition coefficient (Wildman–Crippen LogP) is 2.76. The van der Waals surface area contributed by atoms with Crippen LogP contribution in [-0.4, -0.2) is 39.6 Å². The Morgan fingerprint density at radius 2 is 2.05 bits per heavy atom. The summed E-state index contributed by atoms with van der Waals surface area (Å²) in [6.07, 6.45) is 4.94. The molecular formula is C16H18ClN3O2. The molecule has 6 heteroatoms. The predicted molar refractivity (Wildman–Crippen MR) is 84.2 cm³/mol. The topological polar surface area (TPSA) is 47.4 Å². The summed E-state index contributed by atoms with van der Waals surface area (Å²) >= 11 is 6.11. The monoisotopic (exact) mass is 319 g/mol. The van der Waals surface area contributed by atoms with Gasteiger partial charge >= 0.3 is 0 Å². The highest BCUT2D eigenvalue weighted by atomic mass is 35.5. The van der Waals surface area contributed by atoms with Crippen LogP contribution in [0.25, 0.3) is 0 Å². The highest BCUT2D eigenvalue weighted by Gasteiger charge is 2.26. The molecule has 0 radical (unpaired) electrons. The van der Waals surface area contributed by atoms with Crippen LogP contribution in [0.5, 0.6) is 5.75 Å². The lowest BCUT2D eigenvalue weighted by molar-refractivity contribution is 0.0587. The van der Waals surface area contributed by atoms with Gasteiger partial charge in [-0.1, -0.05) is 23.7 Å². The Bertz CT molecular complexity index is 663. The Morgan fingerprint density at radius 1 is 1.32 bits per heavy atom. The zero-order valence-electron chi connectivity index (χ0n) is 12.4. The molecule has 1 amide bonds. The van der Waals surface area contributed by atoms with Gasteiger partial charge in [-0.05, 0) is 12.1 Å². The third-order valence-electron chi connectivity index (χ3n) is 3.90. The van der Waals surface area contributed by atoms with Crippen LogP contribution in [0.2, 0.25) is 5.02 Å². The lowest BCUT2D eigenvalue weighted by Crippen LogP contribution is -2.42. The zero-order chi connectivity index (χ0) is 15.5. The number of likely N-dealkylation sites (tertiary alicyclic amines) is 1. The SMILES string of the molecule is Cn1cncc1C(=O)N1CCC(Oc2ccccc2Cl)CC1. The molecule has 0 unspecified atom stereocenters. The number of aromatic nitrogens is 2. The van der Waals surface area contributed by atoms with Gasteiger partial charge in [0.2, 0.25) is 0 Å². The van der Waals surface area contributed by atoms with E-state index in [0.29, 0.717) is 29.6 Å². The minimum Gasteiger partial charge on any atom is -0.489 e. The number of nitrogens with zero attached hydrogens (tertiary/aromatic N) is 3. The number of piperidine rings is 1. The van der Waals surface area contributed by atoms with Crippen molar-refractivity contribution in [1.29, 1.82) is 0 Å². The van der Waals surface area contributed by atoms with E-state index < -0.39 is 0 Å². The fraction of sp³-hybridized carbons (Fsp3) is 0.375. The summed E-state index contributed by atoms with van der Waals surface area (Å²) in [4.78, 5) is 18.2. The van der Waals surface area contributed by atoms with Crippen molar-refractivity contribution in [2.45, 2.75) is 18.9 Å². The van der Waals surface area contributed by atoms with Crippen molar-refractivity contribution >= 4 is 17.5 Å². The molecule has 5 nitrogen and oxygen atoms in total. The van der Waals surface area contributed by atoms with E-state index in [1.807, 2.05) is 36.2 Å². The van der Waals surface area contributed by atoms with Crippen LogP contribution in [0.3, 0.4) is 0 Å². The van der Waals surface area contributed by atoms with Gasteiger partial charge in [-0.2, -0.15) is 0 Å². The van der Waals surface area contributed by atoms with Gasteiger partial charge in [0.25, 0.3) is 5.91 Å². The van der Waals surface area contributed by atoms with Crippen molar-refractivity contribution in [3.05, 3.63) is 47.5 Å². The second-order valence-corrected chi connectivity index (χ2v) is 5.84. The fourth-order valence-corrected chi connectivity index (χ4v) is 2.80. The molecule has 1 aliphatic heterocycles. The van der Waals surface area contributed by atoms with E-state index in [4.69, 9.17) is 16.3 Å². The maximum absolute atomic E-state index is 12.4. The second-order valence-electron chi connectivity index (χ2n) is 5.43. The molecule has 1 fully saturated rings. The number of carbonyl (C=O) groups excluding carboxylic acids is 1. The Morgan fingerprint density at radius 3 is 2.68 bits per heavy atom. The molecule has 0 bridgehead atoms. The molecule has 2 aromatic rings. The van der Waals surface area contributed by atoms with Crippen LogP contribution in [0.15, 0.2) is 36.8 Å². The Balaban J connectivity index is 1.58. The number of benzene rings is 1. The van der Waals surface area contributed by atoms with Crippen LogP contribution < -0.4 is 4.74 Å². The molecule has 116 valence electrons. The number of aryl methyl sites for hydroxylation is 1. The third kappa shape index (κ3) is 3.09. The fourth-order valence-electron chi connectivity index (χ4n) is 2.62. The minimum absolute atomic E-state index is 0.0243. The summed E-state index contributed by atoms with van der Waals surface area (Å²) in [5.41, 5.74) is 0.616. The smallest absolute Gasteiger partial charge is 0.272 e. The molecule has 2 heterocycles. The highest BCUT2D eigenvalue weighted by Crippen LogP contribution is 2.27. The van der Waals surface area contributed by atoms with Crippen LogP contribution in [0, 0.1) is 0 Å². The molecule has 0 N–H and O–H groups in total. The largest absolute Gasteiger partial charge is 0.489 e. The van der Waals surface area contributed by atoms with Gasteiger partial charge in [0.1, 0.15) is 17.5 Å². The maximum Gasteiger partial charge on any atom is 0.272 e. The number of halogens is 1. The number of hydrogen-bond acceptors (Lipinski definition) is 3. The van der Waals surface area contributed by atoms with Gasteiger partial charge in [-0.3, -0.25) is 4.79 Å². The lowest BCUT2D eigenvalue weighted by atomic mass is 10.1. The van der Waals surface area contributed by atoms with Crippen LogP contribution in [0.4, 0.5) is 0 Å². The Kier molecular flexibility index (Phi) is 4.34.